The molecule has 1 atom stereocenters. The minimum Gasteiger partial charge on any atom is -0.394 e. The van der Waals surface area contributed by atoms with E-state index < -0.39 is 0 Å². The molecule has 0 fully saturated rings. The quantitative estimate of drug-likeness (QED) is 0.776. The van der Waals surface area contributed by atoms with Gasteiger partial charge in [-0.2, -0.15) is 0 Å². The topological polar surface area (TPSA) is 49.3 Å². The van der Waals surface area contributed by atoms with Crippen LogP contribution in [0.25, 0.3) is 0 Å². The van der Waals surface area contributed by atoms with E-state index in [9.17, 15) is 9.18 Å². The Bertz CT molecular complexity index is 341. The van der Waals surface area contributed by atoms with E-state index in [-0.39, 0.29) is 30.8 Å². The molecule has 0 bridgehead atoms. The molecule has 0 aromatic heterocycles. The van der Waals surface area contributed by atoms with Crippen LogP contribution in [0.4, 0.5) is 4.39 Å². The van der Waals surface area contributed by atoms with E-state index >= 15 is 0 Å². The average molecular weight is 211 g/mol. The van der Waals surface area contributed by atoms with Gasteiger partial charge in [0.2, 0.25) is 5.91 Å². The number of benzene rings is 1. The van der Waals surface area contributed by atoms with Crippen molar-refractivity contribution in [2.45, 2.75) is 19.4 Å². The Morgan fingerprint density at radius 3 is 2.93 bits per heavy atom. The van der Waals surface area contributed by atoms with Gasteiger partial charge < -0.3 is 10.4 Å². The summed E-state index contributed by atoms with van der Waals surface area (Å²) in [6, 6.07) is 5.63. The van der Waals surface area contributed by atoms with Crippen LogP contribution in [0, 0.1) is 5.82 Å². The smallest absolute Gasteiger partial charge is 0.224 e. The van der Waals surface area contributed by atoms with Gasteiger partial charge in [0.1, 0.15) is 5.82 Å². The molecular weight excluding hydrogens is 197 g/mol. The lowest BCUT2D eigenvalue weighted by molar-refractivity contribution is -0.121. The summed E-state index contributed by atoms with van der Waals surface area (Å²) in [5, 5.41) is 11.3. The molecule has 0 spiro atoms. The number of rotatable bonds is 4. The fourth-order valence-electron chi connectivity index (χ4n) is 1.20. The lowest BCUT2D eigenvalue weighted by atomic mass is 10.1. The number of carbonyl (C=O) groups excluding carboxylic acids is 1. The number of aliphatic hydroxyl groups is 1. The summed E-state index contributed by atoms with van der Waals surface area (Å²) < 4.78 is 12.8. The molecule has 0 aliphatic heterocycles. The summed E-state index contributed by atoms with van der Waals surface area (Å²) in [5.41, 5.74) is 0.623. The number of hydrogen-bond donors (Lipinski definition) is 2. The van der Waals surface area contributed by atoms with E-state index in [0.29, 0.717) is 5.56 Å². The van der Waals surface area contributed by atoms with Gasteiger partial charge in [0.15, 0.2) is 0 Å². The zero-order valence-electron chi connectivity index (χ0n) is 8.53. The van der Waals surface area contributed by atoms with Gasteiger partial charge in [-0.15, -0.1) is 0 Å². The molecule has 1 amide bonds. The Hall–Kier alpha value is -1.42. The third-order valence-electron chi connectivity index (χ3n) is 1.93. The molecule has 0 unspecified atom stereocenters. The Morgan fingerprint density at radius 1 is 1.60 bits per heavy atom. The Morgan fingerprint density at radius 2 is 2.33 bits per heavy atom. The molecule has 3 nitrogen and oxygen atoms in total. The van der Waals surface area contributed by atoms with Crippen LogP contribution in [0.2, 0.25) is 0 Å². The molecule has 0 saturated carbocycles. The van der Waals surface area contributed by atoms with Crippen molar-refractivity contribution in [2.75, 3.05) is 6.61 Å². The van der Waals surface area contributed by atoms with Crippen molar-refractivity contribution in [3.8, 4) is 0 Å². The summed E-state index contributed by atoms with van der Waals surface area (Å²) in [6.45, 7) is 1.60. The standard InChI is InChI=1S/C11H14FNO2/c1-8(7-14)13-11(15)6-9-3-2-4-10(12)5-9/h2-5,8,14H,6-7H2,1H3,(H,13,15)/t8-/m1/s1. The second kappa shape index (κ2) is 5.46. The van der Waals surface area contributed by atoms with Crippen LogP contribution in [0.1, 0.15) is 12.5 Å². The largest absolute Gasteiger partial charge is 0.394 e. The third-order valence-corrected chi connectivity index (χ3v) is 1.93. The van der Waals surface area contributed by atoms with Gasteiger partial charge in [-0.1, -0.05) is 12.1 Å². The van der Waals surface area contributed by atoms with Gasteiger partial charge in [0.05, 0.1) is 13.0 Å². The summed E-state index contributed by atoms with van der Waals surface area (Å²) in [6.07, 6.45) is 0.127. The van der Waals surface area contributed by atoms with E-state index in [4.69, 9.17) is 5.11 Å². The molecule has 0 radical (unpaired) electrons. The second-order valence-corrected chi connectivity index (χ2v) is 3.46. The number of carbonyl (C=O) groups is 1. The fraction of sp³-hybridized carbons (Fsp3) is 0.364. The van der Waals surface area contributed by atoms with Crippen LogP contribution in [0.3, 0.4) is 0 Å². The van der Waals surface area contributed by atoms with Crippen LogP contribution in [-0.4, -0.2) is 23.7 Å². The predicted molar refractivity (Wildman–Crippen MR) is 54.8 cm³/mol. The molecule has 1 rings (SSSR count). The molecule has 82 valence electrons. The van der Waals surface area contributed by atoms with Crippen LogP contribution >= 0.6 is 0 Å². The van der Waals surface area contributed by atoms with Crippen LogP contribution in [-0.2, 0) is 11.2 Å². The minimum absolute atomic E-state index is 0.102. The highest BCUT2D eigenvalue weighted by molar-refractivity contribution is 5.78. The summed E-state index contributed by atoms with van der Waals surface area (Å²) >= 11 is 0. The molecule has 4 heteroatoms. The van der Waals surface area contributed by atoms with Crippen molar-refractivity contribution in [2.24, 2.45) is 0 Å². The SMILES string of the molecule is C[C@H](CO)NC(=O)Cc1cccc(F)c1. The van der Waals surface area contributed by atoms with E-state index in [1.54, 1.807) is 19.1 Å². The zero-order valence-corrected chi connectivity index (χ0v) is 8.53. The first-order valence-corrected chi connectivity index (χ1v) is 4.76. The first kappa shape index (κ1) is 11.7. The van der Waals surface area contributed by atoms with Gasteiger partial charge in [0.25, 0.3) is 0 Å². The van der Waals surface area contributed by atoms with E-state index in [1.807, 2.05) is 0 Å². The van der Waals surface area contributed by atoms with Crippen molar-refractivity contribution < 1.29 is 14.3 Å². The highest BCUT2D eigenvalue weighted by atomic mass is 19.1. The predicted octanol–water partition coefficient (Wildman–Crippen LogP) is 0.865. The van der Waals surface area contributed by atoms with E-state index in [1.165, 1.54) is 12.1 Å². The number of aliphatic hydroxyl groups excluding tert-OH is 1. The van der Waals surface area contributed by atoms with Crippen molar-refractivity contribution in [3.63, 3.8) is 0 Å². The van der Waals surface area contributed by atoms with Crippen molar-refractivity contribution in [1.82, 2.24) is 5.32 Å². The maximum Gasteiger partial charge on any atom is 0.224 e. The molecule has 1 aromatic carbocycles. The maximum absolute atomic E-state index is 12.8. The number of halogens is 1. The summed E-state index contributed by atoms with van der Waals surface area (Å²) in [7, 11) is 0. The van der Waals surface area contributed by atoms with Crippen molar-refractivity contribution in [3.05, 3.63) is 35.6 Å². The van der Waals surface area contributed by atoms with Gasteiger partial charge in [-0.25, -0.2) is 4.39 Å². The molecule has 2 N–H and O–H groups in total. The Labute approximate surface area is 87.9 Å². The molecule has 15 heavy (non-hydrogen) atoms. The Balaban J connectivity index is 2.51. The highest BCUT2D eigenvalue weighted by Gasteiger charge is 2.07. The summed E-state index contributed by atoms with van der Waals surface area (Å²) in [5.74, 6) is -0.572. The zero-order chi connectivity index (χ0) is 11.3. The van der Waals surface area contributed by atoms with Crippen molar-refractivity contribution in [1.29, 1.82) is 0 Å². The number of nitrogens with one attached hydrogen (secondary N) is 1. The van der Waals surface area contributed by atoms with Gasteiger partial charge in [-0.05, 0) is 24.6 Å². The van der Waals surface area contributed by atoms with E-state index in [2.05, 4.69) is 5.32 Å². The molecule has 0 aliphatic carbocycles. The van der Waals surface area contributed by atoms with Gasteiger partial charge in [0, 0.05) is 6.04 Å². The fourth-order valence-corrected chi connectivity index (χ4v) is 1.20. The lowest BCUT2D eigenvalue weighted by Gasteiger charge is -2.10. The number of hydrogen-bond acceptors (Lipinski definition) is 2. The normalized spacial score (nSPS) is 12.2. The van der Waals surface area contributed by atoms with Crippen LogP contribution in [0.5, 0.6) is 0 Å². The minimum atomic E-state index is -0.351. The monoisotopic (exact) mass is 211 g/mol. The Kier molecular flexibility index (Phi) is 4.24. The molecule has 0 aliphatic rings. The first-order valence-electron chi connectivity index (χ1n) is 4.76. The first-order chi connectivity index (χ1) is 7.11. The lowest BCUT2D eigenvalue weighted by Crippen LogP contribution is -2.35. The highest BCUT2D eigenvalue weighted by Crippen LogP contribution is 2.04. The molecule has 0 saturated heterocycles. The summed E-state index contributed by atoms with van der Waals surface area (Å²) in [4.78, 5) is 11.3. The number of amides is 1. The maximum atomic E-state index is 12.8. The molecule has 0 heterocycles. The molecular formula is C11H14FNO2. The van der Waals surface area contributed by atoms with Crippen LogP contribution < -0.4 is 5.32 Å². The van der Waals surface area contributed by atoms with Crippen molar-refractivity contribution >= 4 is 5.91 Å². The van der Waals surface area contributed by atoms with E-state index in [0.717, 1.165) is 0 Å². The van der Waals surface area contributed by atoms with Gasteiger partial charge >= 0.3 is 0 Å². The third kappa shape index (κ3) is 4.08. The van der Waals surface area contributed by atoms with Gasteiger partial charge in [-0.3, -0.25) is 4.79 Å². The molecule has 1 aromatic rings. The average Bonchev–Trinajstić information content (AvgIpc) is 2.17. The second-order valence-electron chi connectivity index (χ2n) is 3.46. The van der Waals surface area contributed by atoms with Crippen LogP contribution in [0.15, 0.2) is 24.3 Å².